The highest BCUT2D eigenvalue weighted by atomic mass is 16.7. The van der Waals surface area contributed by atoms with Gasteiger partial charge >= 0.3 is 23.9 Å². The average Bonchev–Trinajstić information content (AvgIpc) is 3.59. The van der Waals surface area contributed by atoms with Crippen molar-refractivity contribution < 1.29 is 58.2 Å². The van der Waals surface area contributed by atoms with Crippen LogP contribution in [0.25, 0.3) is 0 Å². The predicted octanol–water partition coefficient (Wildman–Crippen LogP) is 16.9. The number of carboxylic acid groups (broad SMARTS) is 1. The van der Waals surface area contributed by atoms with E-state index in [0.717, 1.165) is 116 Å². The van der Waals surface area contributed by atoms with Crippen molar-refractivity contribution in [1.29, 1.82) is 0 Å². The van der Waals surface area contributed by atoms with Crippen molar-refractivity contribution in [2.75, 3.05) is 13.2 Å². The number of hydrogen-bond donors (Lipinski definition) is 3. The first-order chi connectivity index (χ1) is 40.6. The second kappa shape index (κ2) is 56.8. The van der Waals surface area contributed by atoms with E-state index in [2.05, 4.69) is 154 Å². The van der Waals surface area contributed by atoms with Crippen LogP contribution in [0.2, 0.25) is 0 Å². The van der Waals surface area contributed by atoms with Gasteiger partial charge < -0.3 is 39.0 Å². The standard InChI is InChI=1S/C71H108O12/c1-4-7-10-13-16-19-22-25-28-31-32-35-36-39-42-45-48-51-54-57-63(72)79-60-62(81-64(73)58-55-52-49-46-43-40-37-33-29-26-23-20-17-14-11-8-5-2)61-80-71-69(67(76)66(75)68(83-71)70(77)78)82-65(74)59-56-53-50-47-44-41-38-34-30-27-24-21-18-15-12-9-6-3/h8-9,11-12,16-21,25-30,32,35,37-38,40-41,46-47,49-50,62,66-69,71,75-76H,4-7,10,13-15,22-24,31,33-34,36,39,42-45,48,51-61H2,1-3H3,(H,77,78)/b11-8-,12-9-,19-16-,20-17-,21-18-,28-25-,29-26-,30-27-,35-32-,40-37-,41-38-,49-46-,50-47-. The third-order valence-electron chi connectivity index (χ3n) is 13.1. The van der Waals surface area contributed by atoms with Crippen molar-refractivity contribution in [2.24, 2.45) is 0 Å². The summed E-state index contributed by atoms with van der Waals surface area (Å²) in [6.45, 7) is 5.65. The maximum Gasteiger partial charge on any atom is 0.335 e. The number of rotatable bonds is 51. The lowest BCUT2D eigenvalue weighted by Gasteiger charge is -2.40. The SMILES string of the molecule is CC/C=C\C/C=C\C/C=C\C/C=C\C/C=C\CCCC(=O)OC(COC(=O)CCCCCCCC/C=C\C/C=C\C/C=C\CCCCC)COC1OC(C(=O)O)C(O)C(O)C1OC(=O)CCC/C=C\C/C=C\C/C=C\C/C=C\C/C=C\CC. The number of hydrogen-bond acceptors (Lipinski definition) is 11. The molecule has 6 atom stereocenters. The van der Waals surface area contributed by atoms with Crippen LogP contribution in [0.3, 0.4) is 0 Å². The van der Waals surface area contributed by atoms with E-state index >= 15 is 0 Å². The molecule has 1 saturated heterocycles. The van der Waals surface area contributed by atoms with Crippen LogP contribution in [-0.4, -0.2) is 89.2 Å². The zero-order chi connectivity index (χ0) is 60.3. The van der Waals surface area contributed by atoms with Gasteiger partial charge in [0.2, 0.25) is 0 Å². The fourth-order valence-corrected chi connectivity index (χ4v) is 8.33. The number of ether oxygens (including phenoxy) is 5. The van der Waals surface area contributed by atoms with Crippen LogP contribution in [-0.2, 0) is 42.9 Å². The van der Waals surface area contributed by atoms with Crippen molar-refractivity contribution >= 4 is 23.9 Å². The number of carbonyl (C=O) groups is 4. The van der Waals surface area contributed by atoms with E-state index in [0.29, 0.717) is 32.1 Å². The molecule has 1 aliphatic heterocycles. The number of aliphatic hydroxyl groups excluding tert-OH is 2. The summed E-state index contributed by atoms with van der Waals surface area (Å²) in [5.74, 6) is -3.32. The zero-order valence-corrected chi connectivity index (χ0v) is 51.1. The minimum Gasteiger partial charge on any atom is -0.479 e. The molecule has 1 rings (SSSR count). The van der Waals surface area contributed by atoms with Gasteiger partial charge in [-0.1, -0.05) is 217 Å². The lowest BCUT2D eigenvalue weighted by atomic mass is 9.98. The second-order valence-corrected chi connectivity index (χ2v) is 20.6. The minimum atomic E-state index is -1.94. The largest absolute Gasteiger partial charge is 0.479 e. The van der Waals surface area contributed by atoms with Crippen molar-refractivity contribution in [3.8, 4) is 0 Å². The van der Waals surface area contributed by atoms with E-state index in [-0.39, 0.29) is 25.9 Å². The van der Waals surface area contributed by atoms with Crippen LogP contribution in [0.4, 0.5) is 0 Å². The third-order valence-corrected chi connectivity index (χ3v) is 13.1. The topological polar surface area (TPSA) is 175 Å². The molecular formula is C71H108O12. The summed E-state index contributed by atoms with van der Waals surface area (Å²) in [5.41, 5.74) is 0. The molecule has 0 aromatic heterocycles. The van der Waals surface area contributed by atoms with Gasteiger partial charge in [-0.25, -0.2) is 4.79 Å². The molecule has 3 N–H and O–H groups in total. The molecule has 1 aliphatic rings. The Morgan fingerprint density at radius 1 is 0.410 bits per heavy atom. The van der Waals surface area contributed by atoms with Gasteiger partial charge in [-0.05, 0) is 135 Å². The molecule has 0 amide bonds. The van der Waals surface area contributed by atoms with E-state index in [1.807, 2.05) is 24.3 Å². The highest BCUT2D eigenvalue weighted by molar-refractivity contribution is 5.74. The number of carbonyl (C=O) groups excluding carboxylic acids is 3. The summed E-state index contributed by atoms with van der Waals surface area (Å²) in [4.78, 5) is 51.3. The second-order valence-electron chi connectivity index (χ2n) is 20.6. The molecule has 0 aliphatic carbocycles. The molecule has 0 aromatic carbocycles. The Morgan fingerprint density at radius 3 is 1.19 bits per heavy atom. The maximum atomic E-state index is 13.2. The molecule has 0 spiro atoms. The van der Waals surface area contributed by atoms with Crippen LogP contribution in [0.1, 0.15) is 213 Å². The van der Waals surface area contributed by atoms with Crippen LogP contribution in [0.5, 0.6) is 0 Å². The van der Waals surface area contributed by atoms with E-state index in [1.54, 1.807) is 0 Å². The van der Waals surface area contributed by atoms with Gasteiger partial charge in [0.1, 0.15) is 18.8 Å². The molecule has 0 bridgehead atoms. The molecule has 83 heavy (non-hydrogen) atoms. The van der Waals surface area contributed by atoms with Gasteiger partial charge in [-0.3, -0.25) is 14.4 Å². The van der Waals surface area contributed by atoms with Crippen molar-refractivity contribution in [1.82, 2.24) is 0 Å². The Balaban J connectivity index is 2.77. The van der Waals surface area contributed by atoms with E-state index < -0.39 is 67.3 Å². The molecule has 0 radical (unpaired) electrons. The Labute approximate surface area is 501 Å². The third kappa shape index (κ3) is 46.4. The molecule has 1 heterocycles. The lowest BCUT2D eigenvalue weighted by Crippen LogP contribution is -2.61. The van der Waals surface area contributed by atoms with Crippen LogP contribution < -0.4 is 0 Å². The monoisotopic (exact) mass is 1150 g/mol. The molecule has 12 heteroatoms. The first kappa shape index (κ1) is 75.4. The smallest absolute Gasteiger partial charge is 0.335 e. The molecule has 0 saturated carbocycles. The summed E-state index contributed by atoms with van der Waals surface area (Å²) in [7, 11) is 0. The highest BCUT2D eigenvalue weighted by Gasteiger charge is 2.50. The summed E-state index contributed by atoms with van der Waals surface area (Å²) >= 11 is 0. The normalized spacial score (nSPS) is 18.7. The maximum absolute atomic E-state index is 13.2. The summed E-state index contributed by atoms with van der Waals surface area (Å²) < 4.78 is 28.4. The molecule has 12 nitrogen and oxygen atoms in total. The summed E-state index contributed by atoms with van der Waals surface area (Å²) in [6.07, 6.45) is 70.7. The molecule has 0 aromatic rings. The van der Waals surface area contributed by atoms with Gasteiger partial charge in [-0.15, -0.1) is 0 Å². The van der Waals surface area contributed by atoms with Crippen molar-refractivity contribution in [2.45, 2.75) is 250 Å². The summed E-state index contributed by atoms with van der Waals surface area (Å²) in [5, 5.41) is 31.5. The predicted molar refractivity (Wildman–Crippen MR) is 339 cm³/mol. The number of aliphatic carboxylic acids is 1. The van der Waals surface area contributed by atoms with E-state index in [9.17, 15) is 34.5 Å². The van der Waals surface area contributed by atoms with E-state index in [1.165, 1.54) is 25.7 Å². The highest BCUT2D eigenvalue weighted by Crippen LogP contribution is 2.26. The fourth-order valence-electron chi connectivity index (χ4n) is 8.33. The summed E-state index contributed by atoms with van der Waals surface area (Å²) in [6, 6.07) is 0. The minimum absolute atomic E-state index is 0.0354. The molecule has 464 valence electrons. The van der Waals surface area contributed by atoms with Gasteiger partial charge in [0.05, 0.1) is 6.61 Å². The molecular weight excluding hydrogens is 1040 g/mol. The quantitative estimate of drug-likeness (QED) is 0.0228. The lowest BCUT2D eigenvalue weighted by molar-refractivity contribution is -0.301. The number of esters is 3. The molecule has 1 fully saturated rings. The van der Waals surface area contributed by atoms with Gasteiger partial charge in [-0.2, -0.15) is 0 Å². The Kier molecular flexibility index (Phi) is 51.6. The van der Waals surface area contributed by atoms with Gasteiger partial charge in [0.25, 0.3) is 0 Å². The van der Waals surface area contributed by atoms with E-state index in [4.69, 9.17) is 23.7 Å². The number of carboxylic acids is 1. The fraction of sp³-hybridized carbons (Fsp3) is 0.577. The number of allylic oxidation sites excluding steroid dienone is 26. The van der Waals surface area contributed by atoms with Crippen molar-refractivity contribution in [3.63, 3.8) is 0 Å². The van der Waals surface area contributed by atoms with Crippen LogP contribution in [0, 0.1) is 0 Å². The van der Waals surface area contributed by atoms with Gasteiger partial charge in [0, 0.05) is 19.3 Å². The van der Waals surface area contributed by atoms with Crippen LogP contribution >= 0.6 is 0 Å². The van der Waals surface area contributed by atoms with Gasteiger partial charge in [0.15, 0.2) is 24.6 Å². The Hall–Kier alpha value is -5.66. The average molecular weight is 1150 g/mol. The van der Waals surface area contributed by atoms with Crippen LogP contribution in [0.15, 0.2) is 158 Å². The Morgan fingerprint density at radius 2 is 0.771 bits per heavy atom. The zero-order valence-electron chi connectivity index (χ0n) is 51.1. The Bertz CT molecular complexity index is 2050. The number of aliphatic hydroxyl groups is 2. The first-order valence-electron chi connectivity index (χ1n) is 31.5. The molecule has 6 unspecified atom stereocenters. The number of unbranched alkanes of at least 4 members (excludes halogenated alkanes) is 11. The first-order valence-corrected chi connectivity index (χ1v) is 31.5. The van der Waals surface area contributed by atoms with Crippen molar-refractivity contribution in [3.05, 3.63) is 158 Å².